The van der Waals surface area contributed by atoms with Crippen LogP contribution >= 0.6 is 0 Å². The highest BCUT2D eigenvalue weighted by Gasteiger charge is 2.21. The second-order valence-electron chi connectivity index (χ2n) is 12.1. The Labute approximate surface area is 254 Å². The summed E-state index contributed by atoms with van der Waals surface area (Å²) >= 11 is 0. The molecule has 2 unspecified atom stereocenters. The molecular weight excluding hydrogens is 514 g/mol. The first-order valence-electron chi connectivity index (χ1n) is 17.7. The van der Waals surface area contributed by atoms with Gasteiger partial charge in [-0.1, -0.05) is 118 Å². The Bertz CT molecular complexity index is 585. The van der Waals surface area contributed by atoms with E-state index >= 15 is 0 Å². The Morgan fingerprint density at radius 1 is 0.537 bits per heavy atom. The van der Waals surface area contributed by atoms with Crippen LogP contribution < -0.4 is 0 Å². The predicted molar refractivity (Wildman–Crippen MR) is 172 cm³/mol. The number of hydrogen-bond donors (Lipinski definition) is 1. The van der Waals surface area contributed by atoms with Gasteiger partial charge in [0.2, 0.25) is 0 Å². The van der Waals surface area contributed by atoms with Crippen LogP contribution in [0.5, 0.6) is 0 Å². The van der Waals surface area contributed by atoms with Crippen LogP contribution in [0.15, 0.2) is 0 Å². The fourth-order valence-corrected chi connectivity index (χ4v) is 5.34. The van der Waals surface area contributed by atoms with Crippen LogP contribution in [0, 0.1) is 11.8 Å². The number of esters is 2. The minimum atomic E-state index is -0.0356. The van der Waals surface area contributed by atoms with Gasteiger partial charge in [0.1, 0.15) is 6.73 Å². The number of ether oxygens (including phenoxy) is 2. The molecule has 0 aliphatic heterocycles. The summed E-state index contributed by atoms with van der Waals surface area (Å²) < 4.78 is 11.5. The first kappa shape index (κ1) is 39.9. The molecule has 41 heavy (non-hydrogen) atoms. The van der Waals surface area contributed by atoms with Gasteiger partial charge in [0.15, 0.2) is 0 Å². The average Bonchev–Trinajstić information content (AvgIpc) is 2.98. The zero-order valence-corrected chi connectivity index (χ0v) is 27.8. The molecule has 0 radical (unpaired) electrons. The number of rotatable bonds is 31. The fraction of sp³-hybridized carbons (Fsp3) is 0.943. The van der Waals surface area contributed by atoms with Crippen molar-refractivity contribution in [3.05, 3.63) is 0 Å². The van der Waals surface area contributed by atoms with Gasteiger partial charge in [0.05, 0.1) is 18.4 Å². The normalized spacial score (nSPS) is 12.9. The van der Waals surface area contributed by atoms with E-state index in [1.807, 2.05) is 0 Å². The quantitative estimate of drug-likeness (QED) is 0.0498. The van der Waals surface area contributed by atoms with Crippen LogP contribution in [-0.2, 0) is 19.1 Å². The monoisotopic (exact) mass is 584 g/mol. The van der Waals surface area contributed by atoms with Crippen molar-refractivity contribution < 1.29 is 24.2 Å². The van der Waals surface area contributed by atoms with Gasteiger partial charge in [-0.2, -0.15) is 0 Å². The van der Waals surface area contributed by atoms with E-state index in [9.17, 15) is 14.7 Å². The van der Waals surface area contributed by atoms with Crippen molar-refractivity contribution in [1.82, 2.24) is 4.90 Å². The van der Waals surface area contributed by atoms with Gasteiger partial charge in [0, 0.05) is 19.7 Å². The summed E-state index contributed by atoms with van der Waals surface area (Å²) in [4.78, 5) is 27.8. The number of unbranched alkanes of at least 4 members (excludes halogenated alkanes) is 12. The summed E-state index contributed by atoms with van der Waals surface area (Å²) in [5, 5.41) is 9.21. The van der Waals surface area contributed by atoms with Gasteiger partial charge < -0.3 is 14.6 Å². The lowest BCUT2D eigenvalue weighted by Gasteiger charge is -2.24. The van der Waals surface area contributed by atoms with E-state index in [1.54, 1.807) is 0 Å². The molecule has 6 heteroatoms. The molecule has 0 aromatic carbocycles. The number of aliphatic hydroxyl groups excluding tert-OH is 1. The molecule has 0 saturated carbocycles. The molecular formula is C35H69NO5. The van der Waals surface area contributed by atoms with Gasteiger partial charge in [-0.15, -0.1) is 0 Å². The summed E-state index contributed by atoms with van der Waals surface area (Å²) in [6, 6.07) is 0. The summed E-state index contributed by atoms with van der Waals surface area (Å²) in [5.74, 6) is 0.0626. The third-order valence-corrected chi connectivity index (χ3v) is 8.18. The molecule has 6 nitrogen and oxygen atoms in total. The second-order valence-corrected chi connectivity index (χ2v) is 12.1. The van der Waals surface area contributed by atoms with Crippen molar-refractivity contribution in [3.8, 4) is 0 Å². The highest BCUT2D eigenvalue weighted by atomic mass is 16.5. The molecule has 0 rings (SSSR count). The van der Waals surface area contributed by atoms with E-state index in [4.69, 9.17) is 9.47 Å². The first-order chi connectivity index (χ1) is 20.0. The lowest BCUT2D eigenvalue weighted by Crippen LogP contribution is -2.32. The van der Waals surface area contributed by atoms with E-state index in [-0.39, 0.29) is 30.4 Å². The maximum atomic E-state index is 12.9. The van der Waals surface area contributed by atoms with Crippen LogP contribution in [0.25, 0.3) is 0 Å². The van der Waals surface area contributed by atoms with Crippen molar-refractivity contribution in [1.29, 1.82) is 0 Å². The minimum absolute atomic E-state index is 0.00873. The average molecular weight is 584 g/mol. The predicted octanol–water partition coefficient (Wildman–Crippen LogP) is 9.22. The van der Waals surface area contributed by atoms with Crippen LogP contribution in [0.4, 0.5) is 0 Å². The summed E-state index contributed by atoms with van der Waals surface area (Å²) in [6.07, 6.45) is 23.4. The fourth-order valence-electron chi connectivity index (χ4n) is 5.34. The molecule has 0 aliphatic carbocycles. The number of hydrogen-bond acceptors (Lipinski definition) is 6. The van der Waals surface area contributed by atoms with Crippen molar-refractivity contribution in [3.63, 3.8) is 0 Å². The third-order valence-electron chi connectivity index (χ3n) is 8.18. The summed E-state index contributed by atoms with van der Waals surface area (Å²) in [7, 11) is 0. The van der Waals surface area contributed by atoms with Gasteiger partial charge in [-0.3, -0.25) is 14.5 Å². The number of aliphatic hydroxyl groups is 1. The second kappa shape index (κ2) is 30.3. The Morgan fingerprint density at radius 3 is 1.49 bits per heavy atom. The van der Waals surface area contributed by atoms with E-state index < -0.39 is 0 Å². The maximum Gasteiger partial charge on any atom is 0.310 e. The third kappa shape index (κ3) is 24.0. The van der Waals surface area contributed by atoms with Crippen molar-refractivity contribution in [2.24, 2.45) is 11.8 Å². The highest BCUT2D eigenvalue weighted by molar-refractivity contribution is 5.72. The molecule has 0 aliphatic rings. The lowest BCUT2D eigenvalue weighted by molar-refractivity contribution is -0.154. The first-order valence-corrected chi connectivity index (χ1v) is 17.7. The van der Waals surface area contributed by atoms with Crippen LogP contribution in [0.3, 0.4) is 0 Å². The largest absolute Gasteiger partial charge is 0.465 e. The molecule has 244 valence electrons. The zero-order chi connectivity index (χ0) is 30.4. The molecule has 0 fully saturated rings. The van der Waals surface area contributed by atoms with Crippen LogP contribution in [0.1, 0.15) is 169 Å². The standard InChI is InChI=1S/C35H69NO5/c1-5-9-13-17-25-32(23-11-7-3)34(38)40-30-22-16-15-19-27-36(28-20-21-29-37)31-41-35(39)33(24-12-8-4)26-18-14-10-6-2/h32-33,37H,5-31H2,1-4H3. The summed E-state index contributed by atoms with van der Waals surface area (Å²) in [5.41, 5.74) is 0. The Balaban J connectivity index is 4.44. The molecule has 0 aromatic heterocycles. The molecule has 0 bridgehead atoms. The number of nitrogens with zero attached hydrogens (tertiary/aromatic N) is 1. The van der Waals surface area contributed by atoms with E-state index in [0.717, 1.165) is 116 Å². The Kier molecular flexibility index (Phi) is 29.5. The van der Waals surface area contributed by atoms with Gasteiger partial charge >= 0.3 is 11.9 Å². The lowest BCUT2D eigenvalue weighted by atomic mass is 9.95. The van der Waals surface area contributed by atoms with E-state index in [2.05, 4.69) is 32.6 Å². The molecule has 1 N–H and O–H groups in total. The molecule has 0 amide bonds. The van der Waals surface area contributed by atoms with Crippen LogP contribution in [0.2, 0.25) is 0 Å². The minimum Gasteiger partial charge on any atom is -0.465 e. The van der Waals surface area contributed by atoms with Crippen molar-refractivity contribution in [2.45, 2.75) is 169 Å². The van der Waals surface area contributed by atoms with Crippen molar-refractivity contribution in [2.75, 3.05) is 33.0 Å². The van der Waals surface area contributed by atoms with E-state index in [0.29, 0.717) is 13.3 Å². The summed E-state index contributed by atoms with van der Waals surface area (Å²) in [6.45, 7) is 11.6. The van der Waals surface area contributed by atoms with Gasteiger partial charge in [0.25, 0.3) is 0 Å². The molecule has 0 heterocycles. The highest BCUT2D eigenvalue weighted by Crippen LogP contribution is 2.20. The van der Waals surface area contributed by atoms with Gasteiger partial charge in [-0.25, -0.2) is 0 Å². The SMILES string of the molecule is CCCCCCC(CCCC)C(=O)OCCCCCCN(CCCCO)COC(=O)C(CCCC)CCCCCC. The van der Waals surface area contributed by atoms with E-state index in [1.165, 1.54) is 38.5 Å². The smallest absolute Gasteiger partial charge is 0.310 e. The van der Waals surface area contributed by atoms with Crippen molar-refractivity contribution >= 4 is 11.9 Å². The number of carbonyl (C=O) groups excluding carboxylic acids is 2. The Morgan fingerprint density at radius 2 is 0.976 bits per heavy atom. The zero-order valence-electron chi connectivity index (χ0n) is 27.8. The molecule has 2 atom stereocenters. The number of carbonyl (C=O) groups is 2. The van der Waals surface area contributed by atoms with Gasteiger partial charge in [-0.05, 0) is 51.4 Å². The topological polar surface area (TPSA) is 76.1 Å². The molecule has 0 aromatic rings. The van der Waals surface area contributed by atoms with Crippen LogP contribution in [-0.4, -0.2) is 55.0 Å². The molecule has 0 saturated heterocycles. The Hall–Kier alpha value is -1.14. The maximum absolute atomic E-state index is 12.9. The molecule has 0 spiro atoms.